The van der Waals surface area contributed by atoms with E-state index in [-0.39, 0.29) is 35.9 Å². The number of nitrogens with one attached hydrogen (secondary N) is 4. The molecular formula is C23H40IN5O3. The Morgan fingerprint density at radius 2 is 1.88 bits per heavy atom. The number of benzene rings is 1. The van der Waals surface area contributed by atoms with E-state index >= 15 is 0 Å². The van der Waals surface area contributed by atoms with Gasteiger partial charge in [-0.25, -0.2) is 4.79 Å². The molecule has 182 valence electrons. The molecule has 0 aromatic heterocycles. The smallest absolute Gasteiger partial charge is 0.407 e. The number of aliphatic imine (C=N–C) groups is 1. The van der Waals surface area contributed by atoms with E-state index in [0.717, 1.165) is 31.4 Å². The number of halogens is 1. The van der Waals surface area contributed by atoms with Crippen molar-refractivity contribution in [2.45, 2.75) is 65.5 Å². The van der Waals surface area contributed by atoms with Gasteiger partial charge in [-0.15, -0.1) is 24.0 Å². The highest BCUT2D eigenvalue weighted by atomic mass is 127. The van der Waals surface area contributed by atoms with Crippen LogP contribution < -0.4 is 21.3 Å². The van der Waals surface area contributed by atoms with Crippen molar-refractivity contribution in [3.8, 4) is 0 Å². The van der Waals surface area contributed by atoms with Crippen molar-refractivity contribution in [1.29, 1.82) is 0 Å². The van der Waals surface area contributed by atoms with E-state index in [0.29, 0.717) is 24.6 Å². The van der Waals surface area contributed by atoms with Gasteiger partial charge in [-0.1, -0.05) is 25.5 Å². The number of ether oxygens (including phenoxy) is 1. The maximum atomic E-state index is 12.1. The molecule has 0 aliphatic carbocycles. The largest absolute Gasteiger partial charge is 0.444 e. The molecule has 32 heavy (non-hydrogen) atoms. The first kappa shape index (κ1) is 30.0. The Morgan fingerprint density at radius 3 is 2.47 bits per heavy atom. The average molecular weight is 562 g/mol. The number of guanidine groups is 1. The highest BCUT2D eigenvalue weighted by Gasteiger charge is 2.19. The fourth-order valence-electron chi connectivity index (χ4n) is 2.91. The maximum Gasteiger partial charge on any atom is 0.407 e. The molecule has 9 heteroatoms. The van der Waals surface area contributed by atoms with Crippen LogP contribution in [0, 0.1) is 0 Å². The average Bonchev–Trinajstić information content (AvgIpc) is 2.70. The van der Waals surface area contributed by atoms with E-state index in [2.05, 4.69) is 33.2 Å². The molecule has 0 saturated heterocycles. The standard InChI is InChI=1S/C23H39N5O3.HI/c1-7-10-19(28-22(30)31-23(3,4)5)16-27-21(25-8-2)26-14-13-17-11-9-12-18(15-17)20(29)24-6;/h9,11-12,15,19H,7-8,10,13-14,16H2,1-6H3,(H,24,29)(H,28,30)(H2,25,26,27);1H. The minimum absolute atomic E-state index is 0. The number of carbonyl (C=O) groups is 2. The van der Waals surface area contributed by atoms with Crippen LogP contribution >= 0.6 is 24.0 Å². The summed E-state index contributed by atoms with van der Waals surface area (Å²) < 4.78 is 5.36. The summed E-state index contributed by atoms with van der Waals surface area (Å²) >= 11 is 0. The molecule has 1 atom stereocenters. The second-order valence-corrected chi connectivity index (χ2v) is 8.31. The molecule has 2 amide bonds. The van der Waals surface area contributed by atoms with Crippen LogP contribution in [-0.4, -0.2) is 56.3 Å². The Balaban J connectivity index is 0.00000961. The molecule has 1 rings (SSSR count). The summed E-state index contributed by atoms with van der Waals surface area (Å²) in [4.78, 5) is 28.5. The summed E-state index contributed by atoms with van der Waals surface area (Å²) in [6.45, 7) is 11.5. The predicted octanol–water partition coefficient (Wildman–Crippen LogP) is 3.46. The second-order valence-electron chi connectivity index (χ2n) is 8.31. The third kappa shape index (κ3) is 12.7. The van der Waals surface area contributed by atoms with Gasteiger partial charge in [-0.3, -0.25) is 9.79 Å². The quantitative estimate of drug-likeness (QED) is 0.199. The predicted molar refractivity (Wildman–Crippen MR) is 141 cm³/mol. The zero-order chi connectivity index (χ0) is 23.3. The normalized spacial score (nSPS) is 12.2. The van der Waals surface area contributed by atoms with Crippen molar-refractivity contribution in [2.24, 2.45) is 4.99 Å². The van der Waals surface area contributed by atoms with Crippen molar-refractivity contribution in [3.05, 3.63) is 35.4 Å². The summed E-state index contributed by atoms with van der Waals surface area (Å²) in [6, 6.07) is 7.48. The zero-order valence-electron chi connectivity index (χ0n) is 20.2. The summed E-state index contributed by atoms with van der Waals surface area (Å²) in [5.74, 6) is 0.598. The van der Waals surface area contributed by atoms with Gasteiger partial charge in [0.25, 0.3) is 5.91 Å². The molecule has 0 radical (unpaired) electrons. The van der Waals surface area contributed by atoms with Gasteiger partial charge in [0.15, 0.2) is 5.96 Å². The summed E-state index contributed by atoms with van der Waals surface area (Å²) in [7, 11) is 1.62. The third-order valence-electron chi connectivity index (χ3n) is 4.29. The van der Waals surface area contributed by atoms with Crippen molar-refractivity contribution in [1.82, 2.24) is 21.3 Å². The number of amides is 2. The number of hydrogen-bond donors (Lipinski definition) is 4. The van der Waals surface area contributed by atoms with Crippen molar-refractivity contribution in [2.75, 3.05) is 26.7 Å². The van der Waals surface area contributed by atoms with E-state index in [1.807, 2.05) is 45.9 Å². The number of alkyl carbamates (subject to hydrolysis) is 1. The Hall–Kier alpha value is -2.04. The highest BCUT2D eigenvalue weighted by molar-refractivity contribution is 14.0. The third-order valence-corrected chi connectivity index (χ3v) is 4.29. The lowest BCUT2D eigenvalue weighted by Crippen LogP contribution is -2.43. The molecule has 4 N–H and O–H groups in total. The van der Waals surface area contributed by atoms with Crippen molar-refractivity contribution in [3.63, 3.8) is 0 Å². The van der Waals surface area contributed by atoms with Crippen LogP contribution in [0.3, 0.4) is 0 Å². The lowest BCUT2D eigenvalue weighted by Gasteiger charge is -2.23. The number of carbonyl (C=O) groups excluding carboxylic acids is 2. The van der Waals surface area contributed by atoms with Crippen LogP contribution in [0.4, 0.5) is 4.79 Å². The van der Waals surface area contributed by atoms with Gasteiger partial charge in [0.05, 0.1) is 12.6 Å². The molecular weight excluding hydrogens is 521 g/mol. The number of hydrogen-bond acceptors (Lipinski definition) is 4. The summed E-state index contributed by atoms with van der Waals surface area (Å²) in [5, 5.41) is 12.1. The van der Waals surface area contributed by atoms with Crippen LogP contribution in [0.5, 0.6) is 0 Å². The van der Waals surface area contributed by atoms with E-state index in [9.17, 15) is 9.59 Å². The number of nitrogens with zero attached hydrogens (tertiary/aromatic N) is 1. The van der Waals surface area contributed by atoms with Crippen LogP contribution in [0.25, 0.3) is 0 Å². The van der Waals surface area contributed by atoms with Crippen LogP contribution in [0.1, 0.15) is 63.4 Å². The fourth-order valence-corrected chi connectivity index (χ4v) is 2.91. The van der Waals surface area contributed by atoms with Crippen molar-refractivity contribution >= 4 is 41.9 Å². The molecule has 0 heterocycles. The summed E-state index contributed by atoms with van der Waals surface area (Å²) in [6.07, 6.45) is 2.08. The molecule has 0 bridgehead atoms. The Morgan fingerprint density at radius 1 is 1.16 bits per heavy atom. The Kier molecular flexibility index (Phi) is 14.7. The molecule has 0 fully saturated rings. The highest BCUT2D eigenvalue weighted by Crippen LogP contribution is 2.08. The SMILES string of the molecule is CCCC(CN=C(NCC)NCCc1cccc(C(=O)NC)c1)NC(=O)OC(C)(C)C.I. The van der Waals surface area contributed by atoms with E-state index in [4.69, 9.17) is 4.74 Å². The lowest BCUT2D eigenvalue weighted by atomic mass is 10.1. The zero-order valence-corrected chi connectivity index (χ0v) is 22.5. The van der Waals surface area contributed by atoms with Crippen LogP contribution in [-0.2, 0) is 11.2 Å². The molecule has 0 spiro atoms. The van der Waals surface area contributed by atoms with Gasteiger partial charge < -0.3 is 26.0 Å². The van der Waals surface area contributed by atoms with Crippen LogP contribution in [0.2, 0.25) is 0 Å². The van der Waals surface area contributed by atoms with Gasteiger partial charge >= 0.3 is 6.09 Å². The van der Waals surface area contributed by atoms with E-state index in [1.54, 1.807) is 13.1 Å². The first-order valence-electron chi connectivity index (χ1n) is 11.0. The molecule has 1 aromatic carbocycles. The maximum absolute atomic E-state index is 12.1. The number of rotatable bonds is 10. The minimum atomic E-state index is -0.532. The lowest BCUT2D eigenvalue weighted by molar-refractivity contribution is 0.0503. The minimum Gasteiger partial charge on any atom is -0.444 e. The first-order valence-corrected chi connectivity index (χ1v) is 11.0. The van der Waals surface area contributed by atoms with Gasteiger partial charge in [0.1, 0.15) is 5.60 Å². The molecule has 0 aliphatic heterocycles. The molecule has 1 unspecified atom stereocenters. The van der Waals surface area contributed by atoms with Gasteiger partial charge in [-0.2, -0.15) is 0 Å². The topological polar surface area (TPSA) is 104 Å². The van der Waals surface area contributed by atoms with E-state index < -0.39 is 11.7 Å². The van der Waals surface area contributed by atoms with Gasteiger partial charge in [0, 0.05) is 25.7 Å². The second kappa shape index (κ2) is 15.7. The Bertz CT molecular complexity index is 735. The summed E-state index contributed by atoms with van der Waals surface area (Å²) in [5.41, 5.74) is 1.19. The van der Waals surface area contributed by atoms with Crippen LogP contribution in [0.15, 0.2) is 29.3 Å². The van der Waals surface area contributed by atoms with E-state index in [1.165, 1.54) is 0 Å². The first-order chi connectivity index (χ1) is 14.7. The van der Waals surface area contributed by atoms with Crippen molar-refractivity contribution < 1.29 is 14.3 Å². The molecule has 1 aromatic rings. The van der Waals surface area contributed by atoms with Gasteiger partial charge in [0.2, 0.25) is 0 Å². The molecule has 0 aliphatic rings. The molecule has 0 saturated carbocycles. The monoisotopic (exact) mass is 561 g/mol. The van der Waals surface area contributed by atoms with Gasteiger partial charge in [-0.05, 0) is 58.2 Å². The molecule has 8 nitrogen and oxygen atoms in total. The fraction of sp³-hybridized carbons (Fsp3) is 0.609. The Labute approximate surface area is 209 Å².